The molecule has 0 heterocycles. The van der Waals surface area contributed by atoms with Gasteiger partial charge < -0.3 is 4.74 Å². The SMILES string of the molecule is C#Cc1cccc(C(F)(F)F)c1OC. The number of hydrogen-bond donors (Lipinski definition) is 0. The van der Waals surface area contributed by atoms with Crippen LogP contribution in [0.2, 0.25) is 0 Å². The highest BCUT2D eigenvalue weighted by atomic mass is 19.4. The third-order valence-electron chi connectivity index (χ3n) is 1.68. The number of halogens is 3. The second kappa shape index (κ2) is 3.62. The summed E-state index contributed by atoms with van der Waals surface area (Å²) in [5.74, 6) is 1.83. The summed E-state index contributed by atoms with van der Waals surface area (Å²) < 4.78 is 41.8. The lowest BCUT2D eigenvalue weighted by Crippen LogP contribution is -2.08. The molecule has 0 saturated carbocycles. The van der Waals surface area contributed by atoms with Crippen LogP contribution in [0.4, 0.5) is 13.2 Å². The molecular formula is C10H7F3O. The molecule has 0 amide bonds. The molecule has 0 spiro atoms. The fourth-order valence-corrected chi connectivity index (χ4v) is 1.09. The number of alkyl halides is 3. The number of methoxy groups -OCH3 is 1. The second-order valence-electron chi connectivity index (χ2n) is 2.53. The van der Waals surface area contributed by atoms with Crippen molar-refractivity contribution < 1.29 is 17.9 Å². The van der Waals surface area contributed by atoms with E-state index in [1.807, 2.05) is 0 Å². The highest BCUT2D eigenvalue weighted by Gasteiger charge is 2.34. The molecule has 0 saturated heterocycles. The van der Waals surface area contributed by atoms with Crippen LogP contribution in [-0.2, 0) is 6.18 Å². The summed E-state index contributed by atoms with van der Waals surface area (Å²) in [4.78, 5) is 0. The zero-order valence-corrected chi connectivity index (χ0v) is 7.35. The largest absolute Gasteiger partial charge is 0.495 e. The van der Waals surface area contributed by atoms with E-state index in [1.54, 1.807) is 0 Å². The first-order valence-corrected chi connectivity index (χ1v) is 3.71. The average molecular weight is 200 g/mol. The molecule has 1 aromatic carbocycles. The van der Waals surface area contributed by atoms with E-state index in [1.165, 1.54) is 12.1 Å². The smallest absolute Gasteiger partial charge is 0.420 e. The van der Waals surface area contributed by atoms with Gasteiger partial charge in [-0.15, -0.1) is 6.42 Å². The third-order valence-corrected chi connectivity index (χ3v) is 1.68. The Morgan fingerprint density at radius 3 is 2.43 bits per heavy atom. The molecule has 0 unspecified atom stereocenters. The first-order valence-electron chi connectivity index (χ1n) is 3.71. The van der Waals surface area contributed by atoms with E-state index >= 15 is 0 Å². The number of hydrogen-bond acceptors (Lipinski definition) is 1. The van der Waals surface area contributed by atoms with Gasteiger partial charge in [0.2, 0.25) is 0 Å². The molecule has 1 nitrogen and oxygen atoms in total. The predicted molar refractivity (Wildman–Crippen MR) is 45.9 cm³/mol. The van der Waals surface area contributed by atoms with E-state index in [0.29, 0.717) is 0 Å². The molecule has 0 aromatic heterocycles. The third kappa shape index (κ3) is 1.82. The summed E-state index contributed by atoms with van der Waals surface area (Å²) >= 11 is 0. The quantitative estimate of drug-likeness (QED) is 0.633. The Morgan fingerprint density at radius 2 is 2.00 bits per heavy atom. The zero-order valence-electron chi connectivity index (χ0n) is 7.35. The summed E-state index contributed by atoms with van der Waals surface area (Å²) in [6, 6.07) is 3.58. The molecule has 0 bridgehead atoms. The van der Waals surface area contributed by atoms with Gasteiger partial charge in [0.15, 0.2) is 0 Å². The molecule has 0 fully saturated rings. The average Bonchev–Trinajstić information content (AvgIpc) is 2.15. The summed E-state index contributed by atoms with van der Waals surface area (Å²) in [5, 5.41) is 0. The van der Waals surface area contributed by atoms with Crippen LogP contribution in [0.3, 0.4) is 0 Å². The lowest BCUT2D eigenvalue weighted by atomic mass is 10.1. The highest BCUT2D eigenvalue weighted by molar-refractivity contribution is 5.50. The summed E-state index contributed by atoms with van der Waals surface area (Å²) in [6.07, 6.45) is 0.595. The summed E-state index contributed by atoms with van der Waals surface area (Å²) in [5.41, 5.74) is -0.752. The minimum absolute atomic E-state index is 0.0994. The van der Waals surface area contributed by atoms with E-state index < -0.39 is 11.7 Å². The molecule has 74 valence electrons. The van der Waals surface area contributed by atoms with Gasteiger partial charge >= 0.3 is 6.18 Å². The van der Waals surface area contributed by atoms with Crippen molar-refractivity contribution in [1.82, 2.24) is 0 Å². The fraction of sp³-hybridized carbons (Fsp3) is 0.200. The van der Waals surface area contributed by atoms with Crippen molar-refractivity contribution in [2.24, 2.45) is 0 Å². The van der Waals surface area contributed by atoms with Crippen LogP contribution < -0.4 is 4.74 Å². The van der Waals surface area contributed by atoms with Crippen LogP contribution in [0.15, 0.2) is 18.2 Å². The van der Waals surface area contributed by atoms with Gasteiger partial charge in [-0.05, 0) is 12.1 Å². The van der Waals surface area contributed by atoms with Crippen LogP contribution in [0.25, 0.3) is 0 Å². The number of terminal acetylenes is 1. The zero-order chi connectivity index (χ0) is 10.8. The molecular weight excluding hydrogens is 193 g/mol. The van der Waals surface area contributed by atoms with Gasteiger partial charge in [0, 0.05) is 0 Å². The number of benzene rings is 1. The molecule has 0 radical (unpaired) electrons. The van der Waals surface area contributed by atoms with Gasteiger partial charge in [0.1, 0.15) is 5.75 Å². The molecule has 0 aliphatic heterocycles. The molecule has 4 heteroatoms. The number of rotatable bonds is 1. The van der Waals surface area contributed by atoms with E-state index in [2.05, 4.69) is 10.7 Å². The monoisotopic (exact) mass is 200 g/mol. The fourth-order valence-electron chi connectivity index (χ4n) is 1.09. The van der Waals surface area contributed by atoms with Crippen molar-refractivity contribution in [2.45, 2.75) is 6.18 Å². The molecule has 1 rings (SSSR count). The van der Waals surface area contributed by atoms with Crippen molar-refractivity contribution >= 4 is 0 Å². The van der Waals surface area contributed by atoms with Gasteiger partial charge in [0.25, 0.3) is 0 Å². The van der Waals surface area contributed by atoms with E-state index in [0.717, 1.165) is 13.2 Å². The Hall–Kier alpha value is -1.63. The van der Waals surface area contributed by atoms with Crippen LogP contribution in [0.1, 0.15) is 11.1 Å². The maximum absolute atomic E-state index is 12.4. The molecule has 14 heavy (non-hydrogen) atoms. The lowest BCUT2D eigenvalue weighted by Gasteiger charge is -2.12. The van der Waals surface area contributed by atoms with Crippen molar-refractivity contribution in [3.05, 3.63) is 29.3 Å². The number of para-hydroxylation sites is 1. The molecule has 0 atom stereocenters. The second-order valence-corrected chi connectivity index (χ2v) is 2.53. The van der Waals surface area contributed by atoms with Gasteiger partial charge in [-0.25, -0.2) is 0 Å². The maximum Gasteiger partial charge on any atom is 0.420 e. The number of ether oxygens (including phenoxy) is 1. The van der Waals surface area contributed by atoms with Crippen LogP contribution in [0.5, 0.6) is 5.75 Å². The Bertz CT molecular complexity index is 374. The molecule has 1 aromatic rings. The molecule has 0 aliphatic carbocycles. The van der Waals surface area contributed by atoms with Crippen LogP contribution in [-0.4, -0.2) is 7.11 Å². The van der Waals surface area contributed by atoms with Crippen LogP contribution in [0, 0.1) is 12.3 Å². The Labute approximate surface area is 79.5 Å². The summed E-state index contributed by atoms with van der Waals surface area (Å²) in [7, 11) is 1.16. The maximum atomic E-state index is 12.4. The Morgan fingerprint density at radius 1 is 1.36 bits per heavy atom. The molecule has 0 aliphatic rings. The van der Waals surface area contributed by atoms with Crippen LogP contribution >= 0.6 is 0 Å². The topological polar surface area (TPSA) is 9.23 Å². The molecule has 0 N–H and O–H groups in total. The lowest BCUT2D eigenvalue weighted by molar-refractivity contribution is -0.138. The van der Waals surface area contributed by atoms with Gasteiger partial charge in [0.05, 0.1) is 18.2 Å². The highest BCUT2D eigenvalue weighted by Crippen LogP contribution is 2.37. The van der Waals surface area contributed by atoms with Crippen molar-refractivity contribution in [3.63, 3.8) is 0 Å². The normalized spacial score (nSPS) is 10.8. The summed E-state index contributed by atoms with van der Waals surface area (Å²) in [6.45, 7) is 0. The van der Waals surface area contributed by atoms with E-state index in [4.69, 9.17) is 6.42 Å². The van der Waals surface area contributed by atoms with Crippen molar-refractivity contribution in [2.75, 3.05) is 7.11 Å². The minimum Gasteiger partial charge on any atom is -0.495 e. The minimum atomic E-state index is -4.45. The Balaban J connectivity index is 3.39. The van der Waals surface area contributed by atoms with Crippen molar-refractivity contribution in [3.8, 4) is 18.1 Å². The van der Waals surface area contributed by atoms with Crippen molar-refractivity contribution in [1.29, 1.82) is 0 Å². The van der Waals surface area contributed by atoms with E-state index in [-0.39, 0.29) is 11.3 Å². The van der Waals surface area contributed by atoms with Gasteiger partial charge in [-0.3, -0.25) is 0 Å². The predicted octanol–water partition coefficient (Wildman–Crippen LogP) is 2.70. The van der Waals surface area contributed by atoms with Gasteiger partial charge in [-0.2, -0.15) is 13.2 Å². The standard InChI is InChI=1S/C10H7F3O/c1-3-7-5-4-6-8(9(7)14-2)10(11,12)13/h1,4-6H,2H3. The first-order chi connectivity index (χ1) is 6.50. The van der Waals surface area contributed by atoms with Gasteiger partial charge in [-0.1, -0.05) is 12.0 Å². The van der Waals surface area contributed by atoms with E-state index in [9.17, 15) is 13.2 Å². The first kappa shape index (κ1) is 10.5. The Kier molecular flexibility index (Phi) is 2.70.